The molecule has 0 fully saturated rings. The van der Waals surface area contributed by atoms with Crippen LogP contribution in [-0.2, 0) is 13.3 Å². The summed E-state index contributed by atoms with van der Waals surface area (Å²) in [7, 11) is -2.44. The molecule has 0 amide bonds. The van der Waals surface area contributed by atoms with Crippen molar-refractivity contribution in [1.82, 2.24) is 0 Å². The smallest absolute Gasteiger partial charge is 0.374 e. The summed E-state index contributed by atoms with van der Waals surface area (Å²) >= 11 is 0. The largest absolute Gasteiger partial charge is 0.501 e. The fraction of sp³-hybridized carbons (Fsp3) is 1.00. The standard InChI is InChI=1S/C15H36NO3Si/c1-7-16(8-2,9-3)14-13-15-20(17-10-4,18-11-5)19-12-6/h7-15H2,1-6H3/q+1. The van der Waals surface area contributed by atoms with Crippen LogP contribution in [0, 0.1) is 0 Å². The summed E-state index contributed by atoms with van der Waals surface area (Å²) in [5, 5.41) is 0. The molecule has 0 aromatic heterocycles. The molecule has 0 rings (SSSR count). The van der Waals surface area contributed by atoms with Crippen LogP contribution in [0.5, 0.6) is 0 Å². The molecular formula is C15H36NO3Si+. The Labute approximate surface area is 127 Å². The summed E-state index contributed by atoms with van der Waals surface area (Å²) in [6.45, 7) is 19.7. The van der Waals surface area contributed by atoms with Gasteiger partial charge in [0, 0.05) is 32.3 Å². The Morgan fingerprint density at radius 3 is 1.40 bits per heavy atom. The molecular weight excluding hydrogens is 270 g/mol. The number of hydrogen-bond donors (Lipinski definition) is 0. The molecule has 0 bridgehead atoms. The maximum absolute atomic E-state index is 5.91. The Balaban J connectivity index is 4.58. The van der Waals surface area contributed by atoms with Gasteiger partial charge in [0.15, 0.2) is 0 Å². The van der Waals surface area contributed by atoms with Crippen molar-refractivity contribution in [2.75, 3.05) is 46.0 Å². The third-order valence-electron chi connectivity index (χ3n) is 4.22. The highest BCUT2D eigenvalue weighted by molar-refractivity contribution is 6.60. The van der Waals surface area contributed by atoms with E-state index in [4.69, 9.17) is 13.3 Å². The monoisotopic (exact) mass is 306 g/mol. The van der Waals surface area contributed by atoms with Gasteiger partial charge in [0.25, 0.3) is 0 Å². The van der Waals surface area contributed by atoms with Crippen molar-refractivity contribution in [2.45, 2.75) is 54.0 Å². The maximum Gasteiger partial charge on any atom is 0.501 e. The van der Waals surface area contributed by atoms with Crippen molar-refractivity contribution in [3.8, 4) is 0 Å². The zero-order chi connectivity index (χ0) is 15.5. The first kappa shape index (κ1) is 20.1. The topological polar surface area (TPSA) is 27.7 Å². The van der Waals surface area contributed by atoms with Gasteiger partial charge in [-0.3, -0.25) is 0 Å². The molecule has 0 spiro atoms. The third kappa shape index (κ3) is 6.22. The molecule has 0 aromatic rings. The fourth-order valence-electron chi connectivity index (χ4n) is 2.78. The number of hydrogen-bond acceptors (Lipinski definition) is 3. The molecule has 0 aliphatic rings. The van der Waals surface area contributed by atoms with Crippen LogP contribution >= 0.6 is 0 Å². The molecule has 0 aliphatic heterocycles. The first-order chi connectivity index (χ1) is 9.57. The summed E-state index contributed by atoms with van der Waals surface area (Å²) < 4.78 is 18.9. The molecule has 0 aliphatic carbocycles. The average Bonchev–Trinajstić information content (AvgIpc) is 2.45. The Hall–Kier alpha value is 0.0569. The molecule has 0 saturated carbocycles. The van der Waals surface area contributed by atoms with E-state index in [2.05, 4.69) is 20.8 Å². The van der Waals surface area contributed by atoms with E-state index < -0.39 is 8.80 Å². The molecule has 0 N–H and O–H groups in total. The minimum Gasteiger partial charge on any atom is -0.374 e. The second-order valence-corrected chi connectivity index (χ2v) is 7.83. The van der Waals surface area contributed by atoms with Crippen LogP contribution in [0.1, 0.15) is 48.0 Å². The summed E-state index contributed by atoms with van der Waals surface area (Å²) in [6, 6.07) is 0.933. The van der Waals surface area contributed by atoms with Gasteiger partial charge in [-0.25, -0.2) is 0 Å². The highest BCUT2D eigenvalue weighted by Gasteiger charge is 2.40. The third-order valence-corrected chi connectivity index (χ3v) is 7.37. The van der Waals surface area contributed by atoms with E-state index >= 15 is 0 Å². The van der Waals surface area contributed by atoms with Crippen LogP contribution in [0.3, 0.4) is 0 Å². The zero-order valence-electron chi connectivity index (χ0n) is 14.5. The van der Waals surface area contributed by atoms with Crippen LogP contribution in [0.25, 0.3) is 0 Å². The lowest BCUT2D eigenvalue weighted by molar-refractivity contribution is -0.923. The lowest BCUT2D eigenvalue weighted by Gasteiger charge is -2.37. The van der Waals surface area contributed by atoms with E-state index in [-0.39, 0.29) is 0 Å². The van der Waals surface area contributed by atoms with Gasteiger partial charge in [0.1, 0.15) is 0 Å². The van der Waals surface area contributed by atoms with Crippen molar-refractivity contribution < 1.29 is 17.8 Å². The Bertz CT molecular complexity index is 210. The fourth-order valence-corrected chi connectivity index (χ4v) is 5.37. The van der Waals surface area contributed by atoms with Crippen molar-refractivity contribution >= 4 is 8.80 Å². The highest BCUT2D eigenvalue weighted by Crippen LogP contribution is 2.20. The van der Waals surface area contributed by atoms with Gasteiger partial charge < -0.3 is 17.8 Å². The molecule has 0 unspecified atom stereocenters. The predicted octanol–water partition coefficient (Wildman–Crippen LogP) is 3.30. The second-order valence-electron chi connectivity index (χ2n) is 5.10. The summed E-state index contributed by atoms with van der Waals surface area (Å²) in [5.41, 5.74) is 0. The molecule has 0 heterocycles. The average molecular weight is 307 g/mol. The SMILES string of the molecule is CCO[Si](CCC[N+](CC)(CC)CC)(OCC)OCC. The van der Waals surface area contributed by atoms with E-state index in [1.54, 1.807) is 0 Å². The maximum atomic E-state index is 5.91. The Kier molecular flexibility index (Phi) is 10.8. The van der Waals surface area contributed by atoms with Gasteiger partial charge in [-0.2, -0.15) is 0 Å². The molecule has 0 radical (unpaired) electrons. The van der Waals surface area contributed by atoms with Gasteiger partial charge in [-0.05, 0) is 41.5 Å². The molecule has 4 nitrogen and oxygen atoms in total. The predicted molar refractivity (Wildman–Crippen MR) is 86.8 cm³/mol. The van der Waals surface area contributed by atoms with Gasteiger partial charge in [0.05, 0.1) is 26.2 Å². The van der Waals surface area contributed by atoms with Crippen molar-refractivity contribution in [1.29, 1.82) is 0 Å². The lowest BCUT2D eigenvalue weighted by Crippen LogP contribution is -2.50. The second kappa shape index (κ2) is 10.7. The van der Waals surface area contributed by atoms with Gasteiger partial charge >= 0.3 is 8.80 Å². The van der Waals surface area contributed by atoms with E-state index in [1.807, 2.05) is 20.8 Å². The normalized spacial score (nSPS) is 12.9. The molecule has 5 heteroatoms. The summed E-state index contributed by atoms with van der Waals surface area (Å²) in [6.07, 6.45) is 1.11. The zero-order valence-corrected chi connectivity index (χ0v) is 15.5. The molecule has 122 valence electrons. The van der Waals surface area contributed by atoms with Crippen LogP contribution < -0.4 is 0 Å². The first-order valence-corrected chi connectivity index (χ1v) is 10.3. The van der Waals surface area contributed by atoms with E-state index in [0.29, 0.717) is 19.8 Å². The van der Waals surface area contributed by atoms with E-state index in [9.17, 15) is 0 Å². The number of nitrogens with zero attached hydrogens (tertiary/aromatic N) is 1. The highest BCUT2D eigenvalue weighted by atomic mass is 28.4. The molecule has 0 atom stereocenters. The van der Waals surface area contributed by atoms with E-state index in [0.717, 1.165) is 12.5 Å². The minimum absolute atomic E-state index is 0.668. The van der Waals surface area contributed by atoms with Crippen molar-refractivity contribution in [3.05, 3.63) is 0 Å². The van der Waals surface area contributed by atoms with Crippen LogP contribution in [-0.4, -0.2) is 59.3 Å². The van der Waals surface area contributed by atoms with Crippen molar-refractivity contribution in [3.63, 3.8) is 0 Å². The van der Waals surface area contributed by atoms with E-state index in [1.165, 1.54) is 30.7 Å². The number of rotatable bonds is 13. The van der Waals surface area contributed by atoms with Gasteiger partial charge in [-0.1, -0.05) is 0 Å². The first-order valence-electron chi connectivity index (χ1n) is 8.34. The summed E-state index contributed by atoms with van der Waals surface area (Å²) in [5.74, 6) is 0. The lowest BCUT2D eigenvalue weighted by atomic mass is 10.3. The van der Waals surface area contributed by atoms with Crippen LogP contribution in [0.15, 0.2) is 0 Å². The molecule has 0 aromatic carbocycles. The quantitative estimate of drug-likeness (QED) is 0.386. The molecule has 0 saturated heterocycles. The Morgan fingerprint density at radius 1 is 0.700 bits per heavy atom. The van der Waals surface area contributed by atoms with Crippen LogP contribution in [0.4, 0.5) is 0 Å². The van der Waals surface area contributed by atoms with Gasteiger partial charge in [-0.15, -0.1) is 0 Å². The number of quaternary nitrogens is 1. The van der Waals surface area contributed by atoms with Gasteiger partial charge in [0.2, 0.25) is 0 Å². The van der Waals surface area contributed by atoms with Crippen molar-refractivity contribution in [2.24, 2.45) is 0 Å². The minimum atomic E-state index is -2.44. The summed E-state index contributed by atoms with van der Waals surface area (Å²) in [4.78, 5) is 0. The molecule has 20 heavy (non-hydrogen) atoms. The van der Waals surface area contributed by atoms with Crippen LogP contribution in [0.2, 0.25) is 6.04 Å². The Morgan fingerprint density at radius 2 is 1.10 bits per heavy atom.